The molecule has 45 heavy (non-hydrogen) atoms. The maximum atomic E-state index is 6.66. The molecule has 1 heterocycles. The van der Waals surface area contributed by atoms with Crippen LogP contribution in [0.3, 0.4) is 0 Å². The highest BCUT2D eigenvalue weighted by molar-refractivity contribution is 6.02. The fourth-order valence-electron chi connectivity index (χ4n) is 8.07. The molecule has 0 bridgehead atoms. The van der Waals surface area contributed by atoms with E-state index in [2.05, 4.69) is 172 Å². The lowest BCUT2D eigenvalue weighted by atomic mass is 9.63. The topological polar surface area (TPSA) is 9.23 Å². The molecule has 2 aliphatic rings. The zero-order valence-corrected chi connectivity index (χ0v) is 25.4. The van der Waals surface area contributed by atoms with Gasteiger partial charge in [-0.15, -0.1) is 0 Å². The van der Waals surface area contributed by atoms with Gasteiger partial charge in [0.15, 0.2) is 0 Å². The van der Waals surface area contributed by atoms with Crippen LogP contribution in [0.4, 0.5) is 0 Å². The van der Waals surface area contributed by atoms with Gasteiger partial charge in [-0.3, -0.25) is 0 Å². The monoisotopic (exact) mass is 576 g/mol. The summed E-state index contributed by atoms with van der Waals surface area (Å²) in [5, 5.41) is 2.62. The molecule has 9 rings (SSSR count). The Labute approximate surface area is 264 Å². The summed E-state index contributed by atoms with van der Waals surface area (Å²) in [4.78, 5) is 0. The first kappa shape index (κ1) is 26.0. The molecule has 1 nitrogen and oxygen atoms in total. The van der Waals surface area contributed by atoms with E-state index in [1.807, 2.05) is 0 Å². The third kappa shape index (κ3) is 3.61. The summed E-state index contributed by atoms with van der Waals surface area (Å²) in [7, 11) is 0. The summed E-state index contributed by atoms with van der Waals surface area (Å²) in [6, 6.07) is 57.5. The van der Waals surface area contributed by atoms with Gasteiger partial charge in [0.05, 0.1) is 5.41 Å². The van der Waals surface area contributed by atoms with E-state index in [1.165, 1.54) is 55.3 Å². The quantitative estimate of drug-likeness (QED) is 0.203. The molecule has 1 heteroatoms. The molecule has 1 aliphatic carbocycles. The molecule has 0 N–H and O–H groups in total. The molecule has 0 saturated carbocycles. The summed E-state index contributed by atoms with van der Waals surface area (Å²) in [6.45, 7) is 4.73. The maximum Gasteiger partial charge on any atom is 0.132 e. The predicted molar refractivity (Wildman–Crippen MR) is 185 cm³/mol. The van der Waals surface area contributed by atoms with Gasteiger partial charge >= 0.3 is 0 Å². The first-order chi connectivity index (χ1) is 22.1. The summed E-state index contributed by atoms with van der Waals surface area (Å²) >= 11 is 0. The van der Waals surface area contributed by atoms with Gasteiger partial charge in [0.1, 0.15) is 11.5 Å². The molecule has 214 valence electrons. The standard InChI is InChI=1S/C44H32O/c1-43(2)37-25-22-29-13-9-10-18-34(29)42(37)35-24-21-30(27-38(35)43)31-23-26-41-39(28-31)44(32-14-5-3-6-15-32,33-16-7-4-8-17-33)36-19-11-12-20-40(36)45-41/h3-28H,1-2H3. The van der Waals surface area contributed by atoms with Crippen molar-refractivity contribution in [2.24, 2.45) is 0 Å². The van der Waals surface area contributed by atoms with Crippen LogP contribution in [0.5, 0.6) is 11.5 Å². The van der Waals surface area contributed by atoms with Crippen LogP contribution in [0.25, 0.3) is 33.0 Å². The van der Waals surface area contributed by atoms with Crippen molar-refractivity contribution in [1.82, 2.24) is 0 Å². The Morgan fingerprint density at radius 2 is 1.04 bits per heavy atom. The number of benzene rings is 7. The normalized spacial score (nSPS) is 15.0. The largest absolute Gasteiger partial charge is 0.457 e. The average molecular weight is 577 g/mol. The molecule has 0 radical (unpaired) electrons. The zero-order valence-electron chi connectivity index (χ0n) is 25.4. The lowest BCUT2D eigenvalue weighted by Crippen LogP contribution is -2.34. The minimum absolute atomic E-state index is 0.0984. The summed E-state index contributed by atoms with van der Waals surface area (Å²) in [5.74, 6) is 1.79. The fourth-order valence-corrected chi connectivity index (χ4v) is 8.07. The lowest BCUT2D eigenvalue weighted by molar-refractivity contribution is 0.434. The number of hydrogen-bond acceptors (Lipinski definition) is 1. The Bertz CT molecular complexity index is 2220. The minimum Gasteiger partial charge on any atom is -0.457 e. The highest BCUT2D eigenvalue weighted by atomic mass is 16.5. The van der Waals surface area contributed by atoms with Crippen LogP contribution in [0.1, 0.15) is 47.2 Å². The highest BCUT2D eigenvalue weighted by Crippen LogP contribution is 2.56. The van der Waals surface area contributed by atoms with Gasteiger partial charge < -0.3 is 4.74 Å². The van der Waals surface area contributed by atoms with Crippen LogP contribution in [-0.2, 0) is 10.8 Å². The number of ether oxygens (including phenoxy) is 1. The maximum absolute atomic E-state index is 6.66. The van der Waals surface area contributed by atoms with Crippen LogP contribution < -0.4 is 4.74 Å². The molecule has 0 amide bonds. The number of rotatable bonds is 3. The van der Waals surface area contributed by atoms with Crippen molar-refractivity contribution in [3.05, 3.63) is 191 Å². The van der Waals surface area contributed by atoms with Crippen LogP contribution in [0.15, 0.2) is 158 Å². The van der Waals surface area contributed by atoms with E-state index in [-0.39, 0.29) is 5.41 Å². The minimum atomic E-state index is -0.534. The van der Waals surface area contributed by atoms with Gasteiger partial charge in [0.25, 0.3) is 0 Å². The first-order valence-electron chi connectivity index (χ1n) is 15.8. The van der Waals surface area contributed by atoms with Gasteiger partial charge in [0.2, 0.25) is 0 Å². The molecular formula is C44H32O. The molecule has 7 aromatic carbocycles. The second-order valence-electron chi connectivity index (χ2n) is 12.9. The van der Waals surface area contributed by atoms with Gasteiger partial charge in [0, 0.05) is 16.5 Å². The van der Waals surface area contributed by atoms with Crippen molar-refractivity contribution in [2.75, 3.05) is 0 Å². The first-order valence-corrected chi connectivity index (χ1v) is 15.8. The van der Waals surface area contributed by atoms with Gasteiger partial charge in [-0.05, 0) is 79.5 Å². The Kier molecular flexibility index (Phi) is 5.53. The molecule has 0 saturated heterocycles. The Morgan fingerprint density at radius 1 is 0.444 bits per heavy atom. The zero-order chi connectivity index (χ0) is 30.2. The highest BCUT2D eigenvalue weighted by Gasteiger charge is 2.45. The molecule has 7 aromatic rings. The van der Waals surface area contributed by atoms with E-state index in [9.17, 15) is 0 Å². The van der Waals surface area contributed by atoms with Crippen molar-refractivity contribution in [3.63, 3.8) is 0 Å². The van der Waals surface area contributed by atoms with Gasteiger partial charge in [-0.25, -0.2) is 0 Å². The van der Waals surface area contributed by atoms with Crippen molar-refractivity contribution in [1.29, 1.82) is 0 Å². The van der Waals surface area contributed by atoms with Crippen LogP contribution >= 0.6 is 0 Å². The second-order valence-corrected chi connectivity index (χ2v) is 12.9. The third-order valence-corrected chi connectivity index (χ3v) is 10.2. The molecule has 0 spiro atoms. The number of para-hydroxylation sites is 1. The van der Waals surface area contributed by atoms with Crippen LogP contribution in [0, 0.1) is 0 Å². The second kappa shape index (κ2) is 9.55. The molecular weight excluding hydrogens is 544 g/mol. The fraction of sp³-hybridized carbons (Fsp3) is 0.0909. The summed E-state index contributed by atoms with van der Waals surface area (Å²) < 4.78 is 6.66. The van der Waals surface area contributed by atoms with Crippen molar-refractivity contribution in [3.8, 4) is 33.8 Å². The van der Waals surface area contributed by atoms with E-state index in [0.29, 0.717) is 0 Å². The smallest absolute Gasteiger partial charge is 0.132 e. The number of hydrogen-bond donors (Lipinski definition) is 0. The Morgan fingerprint density at radius 3 is 1.80 bits per heavy atom. The molecule has 0 fully saturated rings. The SMILES string of the molecule is CC1(C)c2cc(-c3ccc4c(c3)C(c3ccccc3)(c3ccccc3)c3ccccc3O4)ccc2-c2c1ccc1ccccc21. The summed E-state index contributed by atoms with van der Waals surface area (Å²) in [5.41, 5.74) is 12.0. The predicted octanol–water partition coefficient (Wildman–Crippen LogP) is 11.3. The lowest BCUT2D eigenvalue weighted by Gasteiger charge is -2.41. The number of fused-ring (bicyclic) bond motifs is 7. The van der Waals surface area contributed by atoms with Crippen molar-refractivity contribution in [2.45, 2.75) is 24.7 Å². The Hall–Kier alpha value is -5.40. The van der Waals surface area contributed by atoms with Gasteiger partial charge in [-0.1, -0.05) is 147 Å². The van der Waals surface area contributed by atoms with E-state index in [0.717, 1.165) is 22.6 Å². The van der Waals surface area contributed by atoms with E-state index < -0.39 is 5.41 Å². The van der Waals surface area contributed by atoms with Crippen LogP contribution in [0.2, 0.25) is 0 Å². The van der Waals surface area contributed by atoms with Gasteiger partial charge in [-0.2, -0.15) is 0 Å². The van der Waals surface area contributed by atoms with E-state index in [4.69, 9.17) is 4.74 Å². The molecule has 0 aromatic heterocycles. The molecule has 1 aliphatic heterocycles. The van der Waals surface area contributed by atoms with E-state index >= 15 is 0 Å². The molecule has 0 unspecified atom stereocenters. The van der Waals surface area contributed by atoms with Crippen molar-refractivity contribution >= 4 is 10.8 Å². The Balaban J connectivity index is 1.28. The average Bonchev–Trinajstić information content (AvgIpc) is 3.33. The van der Waals surface area contributed by atoms with E-state index in [1.54, 1.807) is 0 Å². The summed E-state index contributed by atoms with van der Waals surface area (Å²) in [6.07, 6.45) is 0. The third-order valence-electron chi connectivity index (χ3n) is 10.2. The van der Waals surface area contributed by atoms with Crippen LogP contribution in [-0.4, -0.2) is 0 Å². The molecule has 0 atom stereocenters. The van der Waals surface area contributed by atoms with Crippen molar-refractivity contribution < 1.29 is 4.74 Å².